The van der Waals surface area contributed by atoms with Crippen LogP contribution in [0.4, 0.5) is 5.69 Å². The van der Waals surface area contributed by atoms with Gasteiger partial charge in [0, 0.05) is 6.07 Å². The van der Waals surface area contributed by atoms with E-state index in [4.69, 9.17) is 4.74 Å². The van der Waals surface area contributed by atoms with Crippen LogP contribution in [0.15, 0.2) is 18.2 Å². The summed E-state index contributed by atoms with van der Waals surface area (Å²) in [6.45, 7) is 7.91. The highest BCUT2D eigenvalue weighted by molar-refractivity contribution is 5.44. The first kappa shape index (κ1) is 12.6. The van der Waals surface area contributed by atoms with E-state index < -0.39 is 0 Å². The van der Waals surface area contributed by atoms with Crippen LogP contribution in [-0.4, -0.2) is 10.5 Å². The van der Waals surface area contributed by atoms with E-state index in [1.54, 1.807) is 6.07 Å². The van der Waals surface area contributed by atoms with Crippen LogP contribution >= 0.6 is 0 Å². The first-order valence-corrected chi connectivity index (χ1v) is 5.18. The van der Waals surface area contributed by atoms with Gasteiger partial charge in [0.15, 0.2) is 0 Å². The van der Waals surface area contributed by atoms with Gasteiger partial charge in [-0.1, -0.05) is 12.1 Å². The van der Waals surface area contributed by atoms with Crippen molar-refractivity contribution < 1.29 is 9.66 Å². The van der Waals surface area contributed by atoms with E-state index in [1.807, 2.05) is 33.8 Å². The third kappa shape index (κ3) is 3.31. The van der Waals surface area contributed by atoms with Gasteiger partial charge >= 0.3 is 0 Å². The van der Waals surface area contributed by atoms with Crippen molar-refractivity contribution >= 4 is 5.69 Å². The van der Waals surface area contributed by atoms with E-state index >= 15 is 0 Å². The molecule has 0 heterocycles. The molecule has 1 rings (SSSR count). The fourth-order valence-corrected chi connectivity index (χ4v) is 1.33. The maximum Gasteiger partial charge on any atom is 0.275 e. The molecule has 0 aliphatic rings. The highest BCUT2D eigenvalue weighted by Crippen LogP contribution is 2.24. The molecule has 0 N–H and O–H groups in total. The third-order valence-corrected chi connectivity index (χ3v) is 2.23. The number of benzene rings is 1. The highest BCUT2D eigenvalue weighted by atomic mass is 16.6. The molecule has 0 saturated heterocycles. The van der Waals surface area contributed by atoms with Gasteiger partial charge in [-0.15, -0.1) is 0 Å². The van der Waals surface area contributed by atoms with Crippen LogP contribution in [0.5, 0.6) is 0 Å². The Morgan fingerprint density at radius 1 is 1.38 bits per heavy atom. The Kier molecular flexibility index (Phi) is 3.65. The van der Waals surface area contributed by atoms with Crippen LogP contribution in [0.2, 0.25) is 0 Å². The standard InChI is InChI=1S/C12H17NO3/c1-9-6-5-7-11(13(14)15)10(9)8-16-12(2,3)4/h5-7H,8H2,1-4H3. The van der Waals surface area contributed by atoms with Crippen molar-refractivity contribution in [2.45, 2.75) is 39.9 Å². The van der Waals surface area contributed by atoms with Crippen LogP contribution in [-0.2, 0) is 11.3 Å². The summed E-state index contributed by atoms with van der Waals surface area (Å²) in [5, 5.41) is 10.8. The Morgan fingerprint density at radius 3 is 2.50 bits per heavy atom. The van der Waals surface area contributed by atoms with Crippen molar-refractivity contribution in [3.05, 3.63) is 39.4 Å². The van der Waals surface area contributed by atoms with Crippen molar-refractivity contribution in [3.8, 4) is 0 Å². The molecular weight excluding hydrogens is 206 g/mol. The zero-order valence-electron chi connectivity index (χ0n) is 10.1. The fraction of sp³-hybridized carbons (Fsp3) is 0.500. The van der Waals surface area contributed by atoms with Crippen LogP contribution < -0.4 is 0 Å². The number of ether oxygens (including phenoxy) is 1. The van der Waals surface area contributed by atoms with Crippen molar-refractivity contribution in [1.29, 1.82) is 0 Å². The van der Waals surface area contributed by atoms with Crippen molar-refractivity contribution in [1.82, 2.24) is 0 Å². The van der Waals surface area contributed by atoms with Crippen molar-refractivity contribution in [3.63, 3.8) is 0 Å². The van der Waals surface area contributed by atoms with Gasteiger partial charge < -0.3 is 4.74 Å². The van der Waals surface area contributed by atoms with Crippen LogP contribution in [0.3, 0.4) is 0 Å². The quantitative estimate of drug-likeness (QED) is 0.584. The Labute approximate surface area is 95.4 Å². The van der Waals surface area contributed by atoms with Crippen LogP contribution in [0.1, 0.15) is 31.9 Å². The van der Waals surface area contributed by atoms with Crippen molar-refractivity contribution in [2.75, 3.05) is 0 Å². The summed E-state index contributed by atoms with van der Waals surface area (Å²) in [7, 11) is 0. The maximum absolute atomic E-state index is 10.8. The Balaban J connectivity index is 2.98. The molecule has 0 amide bonds. The number of nitro groups is 1. The van der Waals surface area contributed by atoms with E-state index in [9.17, 15) is 10.1 Å². The molecule has 0 aliphatic carbocycles. The second-order valence-corrected chi connectivity index (χ2v) is 4.73. The summed E-state index contributed by atoms with van der Waals surface area (Å²) >= 11 is 0. The molecule has 88 valence electrons. The second kappa shape index (κ2) is 4.61. The van der Waals surface area contributed by atoms with Gasteiger partial charge in [0.1, 0.15) is 0 Å². The molecule has 16 heavy (non-hydrogen) atoms. The third-order valence-electron chi connectivity index (χ3n) is 2.23. The molecule has 0 bridgehead atoms. The summed E-state index contributed by atoms with van der Waals surface area (Å²) in [5.74, 6) is 0. The SMILES string of the molecule is Cc1cccc([N+](=O)[O-])c1COC(C)(C)C. The molecule has 0 saturated carbocycles. The molecule has 4 heteroatoms. The minimum atomic E-state index is -0.367. The average molecular weight is 223 g/mol. The second-order valence-electron chi connectivity index (χ2n) is 4.73. The van der Waals surface area contributed by atoms with Gasteiger partial charge in [-0.05, 0) is 33.3 Å². The van der Waals surface area contributed by atoms with E-state index in [2.05, 4.69) is 0 Å². The van der Waals surface area contributed by atoms with Gasteiger partial charge in [0.05, 0.1) is 22.7 Å². The lowest BCUT2D eigenvalue weighted by Crippen LogP contribution is -2.19. The predicted molar refractivity (Wildman–Crippen MR) is 62.4 cm³/mol. The molecule has 0 aliphatic heterocycles. The predicted octanol–water partition coefficient (Wildman–Crippen LogP) is 3.22. The Morgan fingerprint density at radius 2 is 2.00 bits per heavy atom. The summed E-state index contributed by atoms with van der Waals surface area (Å²) in [5.41, 5.74) is 1.38. The summed E-state index contributed by atoms with van der Waals surface area (Å²) < 4.78 is 5.58. The van der Waals surface area contributed by atoms with Crippen LogP contribution in [0, 0.1) is 17.0 Å². The summed E-state index contributed by atoms with van der Waals surface area (Å²) in [4.78, 5) is 10.5. The van der Waals surface area contributed by atoms with Gasteiger partial charge in [0.2, 0.25) is 0 Å². The normalized spacial score (nSPS) is 11.5. The molecular formula is C12H17NO3. The highest BCUT2D eigenvalue weighted by Gasteiger charge is 2.18. The van der Waals surface area contributed by atoms with Gasteiger partial charge in [-0.3, -0.25) is 10.1 Å². The lowest BCUT2D eigenvalue weighted by Gasteiger charge is -2.20. The minimum Gasteiger partial charge on any atom is -0.371 e. The average Bonchev–Trinajstić information content (AvgIpc) is 2.13. The molecule has 1 aromatic rings. The number of nitrogens with zero attached hydrogens (tertiary/aromatic N) is 1. The maximum atomic E-state index is 10.8. The van der Waals surface area contributed by atoms with Gasteiger partial charge in [-0.2, -0.15) is 0 Å². The van der Waals surface area contributed by atoms with Crippen molar-refractivity contribution in [2.24, 2.45) is 0 Å². The molecule has 0 atom stereocenters. The lowest BCUT2D eigenvalue weighted by molar-refractivity contribution is -0.386. The number of hydrogen-bond donors (Lipinski definition) is 0. The van der Waals surface area contributed by atoms with E-state index in [-0.39, 0.29) is 22.8 Å². The van der Waals surface area contributed by atoms with E-state index in [0.717, 1.165) is 5.56 Å². The van der Waals surface area contributed by atoms with E-state index in [1.165, 1.54) is 6.07 Å². The van der Waals surface area contributed by atoms with Gasteiger partial charge in [0.25, 0.3) is 5.69 Å². The fourth-order valence-electron chi connectivity index (χ4n) is 1.33. The molecule has 1 aromatic carbocycles. The molecule has 0 aromatic heterocycles. The first-order valence-electron chi connectivity index (χ1n) is 5.18. The summed E-state index contributed by atoms with van der Waals surface area (Å²) in [6.07, 6.45) is 0. The number of hydrogen-bond acceptors (Lipinski definition) is 3. The van der Waals surface area contributed by atoms with Crippen LogP contribution in [0.25, 0.3) is 0 Å². The zero-order chi connectivity index (χ0) is 12.3. The molecule has 4 nitrogen and oxygen atoms in total. The number of nitro benzene ring substituents is 1. The molecule has 0 unspecified atom stereocenters. The smallest absolute Gasteiger partial charge is 0.275 e. The largest absolute Gasteiger partial charge is 0.371 e. The minimum absolute atomic E-state index is 0.129. The Bertz CT molecular complexity index is 394. The summed E-state index contributed by atoms with van der Waals surface area (Å²) in [6, 6.07) is 5.05. The first-order chi connectivity index (χ1) is 7.31. The number of aryl methyl sites for hydroxylation is 1. The Hall–Kier alpha value is -1.42. The monoisotopic (exact) mass is 223 g/mol. The number of rotatable bonds is 3. The topological polar surface area (TPSA) is 52.4 Å². The zero-order valence-corrected chi connectivity index (χ0v) is 10.1. The molecule has 0 spiro atoms. The van der Waals surface area contributed by atoms with Gasteiger partial charge in [-0.25, -0.2) is 0 Å². The lowest BCUT2D eigenvalue weighted by atomic mass is 10.1. The van der Waals surface area contributed by atoms with E-state index in [0.29, 0.717) is 5.56 Å². The molecule has 0 radical (unpaired) electrons. The molecule has 0 fully saturated rings.